The smallest absolute Gasteiger partial charge is 0.248 e. The van der Waals surface area contributed by atoms with E-state index in [4.69, 9.17) is 20.4 Å². The summed E-state index contributed by atoms with van der Waals surface area (Å²) in [6.07, 6.45) is 3.93. The van der Waals surface area contributed by atoms with Gasteiger partial charge in [0, 0.05) is 69.3 Å². The summed E-state index contributed by atoms with van der Waals surface area (Å²) in [5.74, 6) is 0.296. The van der Waals surface area contributed by atoms with Gasteiger partial charge in [-0.2, -0.15) is 8.42 Å². The van der Waals surface area contributed by atoms with Gasteiger partial charge >= 0.3 is 0 Å². The van der Waals surface area contributed by atoms with Crippen molar-refractivity contribution >= 4 is 33.2 Å². The van der Waals surface area contributed by atoms with Crippen LogP contribution in [0.5, 0.6) is 0 Å². The highest BCUT2D eigenvalue weighted by molar-refractivity contribution is 7.71. The molecule has 184 valence electrons. The third kappa shape index (κ3) is 5.35. The molecule has 2 saturated heterocycles. The number of hydrogen-bond donors (Lipinski definition) is 1. The number of nitrogens with zero attached hydrogens (tertiary/aromatic N) is 6. The van der Waals surface area contributed by atoms with Crippen LogP contribution in [-0.2, 0) is 21.6 Å². The van der Waals surface area contributed by atoms with Crippen LogP contribution in [0.4, 0.5) is 5.82 Å². The summed E-state index contributed by atoms with van der Waals surface area (Å²) in [5, 5.41) is 0. The van der Waals surface area contributed by atoms with Crippen LogP contribution in [-0.4, -0.2) is 96.5 Å². The minimum atomic E-state index is -2.18. The SMILES string of the molecule is NC(=O)c1cccc(-c2cn3cc(CN4CCN(C=S(=O)=O)CC4)nc3c(N3CCOCC3)n2)c1. The van der Waals surface area contributed by atoms with Gasteiger partial charge in [-0.15, -0.1) is 0 Å². The molecular weight excluding hydrogens is 470 g/mol. The van der Waals surface area contributed by atoms with E-state index < -0.39 is 16.2 Å². The number of piperazine rings is 1. The maximum atomic E-state index is 11.7. The van der Waals surface area contributed by atoms with E-state index in [2.05, 4.69) is 9.80 Å². The van der Waals surface area contributed by atoms with Crippen molar-refractivity contribution in [2.45, 2.75) is 6.54 Å². The zero-order valence-electron chi connectivity index (χ0n) is 19.2. The Morgan fingerprint density at radius 3 is 2.54 bits per heavy atom. The number of aromatic nitrogens is 3. The molecule has 5 rings (SSSR count). The monoisotopic (exact) mass is 497 g/mol. The van der Waals surface area contributed by atoms with Crippen molar-refractivity contribution in [1.82, 2.24) is 24.2 Å². The summed E-state index contributed by atoms with van der Waals surface area (Å²) in [6, 6.07) is 7.15. The first-order chi connectivity index (χ1) is 17.0. The van der Waals surface area contributed by atoms with Gasteiger partial charge in [0.2, 0.25) is 16.2 Å². The van der Waals surface area contributed by atoms with Crippen molar-refractivity contribution < 1.29 is 17.9 Å². The van der Waals surface area contributed by atoms with Crippen molar-refractivity contribution in [3.8, 4) is 11.3 Å². The van der Waals surface area contributed by atoms with Crippen LogP contribution >= 0.6 is 0 Å². The van der Waals surface area contributed by atoms with E-state index in [-0.39, 0.29) is 0 Å². The number of imidazole rings is 1. The molecular formula is C23H27N7O4S. The Balaban J connectivity index is 1.46. The molecule has 0 bridgehead atoms. The van der Waals surface area contributed by atoms with Crippen LogP contribution in [0.1, 0.15) is 16.1 Å². The second-order valence-corrected chi connectivity index (χ2v) is 9.37. The van der Waals surface area contributed by atoms with Crippen LogP contribution in [0.25, 0.3) is 16.9 Å². The summed E-state index contributed by atoms with van der Waals surface area (Å²) in [4.78, 5) is 27.8. The third-order valence-electron chi connectivity index (χ3n) is 6.25. The zero-order chi connectivity index (χ0) is 24.4. The molecule has 0 radical (unpaired) electrons. The maximum absolute atomic E-state index is 11.7. The number of morpholine rings is 1. The van der Waals surface area contributed by atoms with Crippen LogP contribution in [0.2, 0.25) is 0 Å². The lowest BCUT2D eigenvalue weighted by Gasteiger charge is -2.31. The summed E-state index contributed by atoms with van der Waals surface area (Å²) in [6.45, 7) is 6.15. The number of anilines is 1. The predicted octanol–water partition coefficient (Wildman–Crippen LogP) is 0.0882. The third-order valence-corrected chi connectivity index (χ3v) is 6.72. The van der Waals surface area contributed by atoms with Gasteiger partial charge in [0.15, 0.2) is 11.5 Å². The fraction of sp³-hybridized carbons (Fsp3) is 0.391. The molecule has 2 fully saturated rings. The van der Waals surface area contributed by atoms with E-state index in [1.807, 2.05) is 27.8 Å². The van der Waals surface area contributed by atoms with E-state index >= 15 is 0 Å². The number of amides is 1. The molecule has 0 spiro atoms. The highest BCUT2D eigenvalue weighted by Gasteiger charge is 2.22. The number of nitrogens with two attached hydrogens (primary N) is 1. The number of benzene rings is 1. The summed E-state index contributed by atoms with van der Waals surface area (Å²) in [7, 11) is -2.18. The molecule has 12 heteroatoms. The van der Waals surface area contributed by atoms with Gasteiger partial charge in [-0.3, -0.25) is 14.6 Å². The van der Waals surface area contributed by atoms with E-state index in [1.165, 1.54) is 5.49 Å². The molecule has 35 heavy (non-hydrogen) atoms. The summed E-state index contributed by atoms with van der Waals surface area (Å²) >= 11 is 0. The van der Waals surface area contributed by atoms with E-state index in [0.29, 0.717) is 38.4 Å². The highest BCUT2D eigenvalue weighted by Crippen LogP contribution is 2.27. The normalized spacial score (nSPS) is 17.5. The van der Waals surface area contributed by atoms with Crippen molar-refractivity contribution in [3.63, 3.8) is 0 Å². The van der Waals surface area contributed by atoms with Gasteiger partial charge < -0.3 is 19.8 Å². The Morgan fingerprint density at radius 2 is 1.83 bits per heavy atom. The van der Waals surface area contributed by atoms with Gasteiger partial charge in [-0.1, -0.05) is 12.1 Å². The Labute approximate surface area is 204 Å². The second kappa shape index (κ2) is 10.1. The maximum Gasteiger partial charge on any atom is 0.248 e. The highest BCUT2D eigenvalue weighted by atomic mass is 32.2. The Morgan fingerprint density at radius 1 is 1.06 bits per heavy atom. The lowest BCUT2D eigenvalue weighted by atomic mass is 10.1. The van der Waals surface area contributed by atoms with E-state index in [9.17, 15) is 13.2 Å². The largest absolute Gasteiger partial charge is 0.378 e. The molecule has 0 atom stereocenters. The molecule has 1 aromatic carbocycles. The molecule has 4 heterocycles. The number of ether oxygens (including phenoxy) is 1. The fourth-order valence-electron chi connectivity index (χ4n) is 4.44. The van der Waals surface area contributed by atoms with Crippen LogP contribution < -0.4 is 10.6 Å². The van der Waals surface area contributed by atoms with Gasteiger partial charge in [0.05, 0.1) is 24.6 Å². The average molecular weight is 498 g/mol. The molecule has 2 aliphatic heterocycles. The van der Waals surface area contributed by atoms with Crippen LogP contribution in [0.15, 0.2) is 36.7 Å². The first-order valence-corrected chi connectivity index (χ1v) is 12.6. The van der Waals surface area contributed by atoms with E-state index in [0.717, 1.165) is 54.6 Å². The zero-order valence-corrected chi connectivity index (χ0v) is 20.0. The first kappa shape index (κ1) is 23.4. The first-order valence-electron chi connectivity index (χ1n) is 11.5. The summed E-state index contributed by atoms with van der Waals surface area (Å²) < 4.78 is 29.4. The topological polar surface area (TPSA) is 126 Å². The molecule has 0 aliphatic carbocycles. The average Bonchev–Trinajstić information content (AvgIpc) is 3.27. The standard InChI is InChI=1S/C23H27N7O4S/c24-21(31)18-3-1-2-17(12-18)20-15-30-14-19(13-27-4-6-28(7-5-27)16-35(32)33)25-22(30)23(26-20)29-8-10-34-11-9-29/h1-3,12,14-16H,4-11,13H2,(H2,24,31). The lowest BCUT2D eigenvalue weighted by molar-refractivity contribution is 0.1000. The molecule has 1 amide bonds. The van der Waals surface area contributed by atoms with Crippen molar-refractivity contribution in [2.75, 3.05) is 57.4 Å². The number of hydrogen-bond acceptors (Lipinski definition) is 8. The van der Waals surface area contributed by atoms with Crippen LogP contribution in [0.3, 0.4) is 0 Å². The summed E-state index contributed by atoms with van der Waals surface area (Å²) in [5.41, 5.74) is 10.4. The quantitative estimate of drug-likeness (QED) is 0.472. The van der Waals surface area contributed by atoms with Crippen molar-refractivity contribution in [2.24, 2.45) is 5.73 Å². The number of fused-ring (bicyclic) bond motifs is 1. The molecule has 11 nitrogen and oxygen atoms in total. The minimum Gasteiger partial charge on any atom is -0.378 e. The fourth-order valence-corrected chi connectivity index (χ4v) is 4.90. The molecule has 0 saturated carbocycles. The molecule has 3 aromatic rings. The number of carbonyl (C=O) groups is 1. The lowest BCUT2D eigenvalue weighted by Crippen LogP contribution is -2.45. The minimum absolute atomic E-state index is 0.431. The van der Waals surface area contributed by atoms with Crippen molar-refractivity contribution in [1.29, 1.82) is 0 Å². The Bertz CT molecular complexity index is 1370. The Hall–Kier alpha value is -3.32. The Kier molecular flexibility index (Phi) is 6.77. The van der Waals surface area contributed by atoms with E-state index in [1.54, 1.807) is 18.2 Å². The molecule has 2 aliphatic rings. The molecule has 2 aromatic heterocycles. The van der Waals surface area contributed by atoms with Gasteiger partial charge in [-0.05, 0) is 12.1 Å². The number of primary amides is 1. The number of rotatable bonds is 6. The van der Waals surface area contributed by atoms with Gasteiger partial charge in [-0.25, -0.2) is 9.97 Å². The number of carbonyl (C=O) groups excluding carboxylic acids is 1. The van der Waals surface area contributed by atoms with Gasteiger partial charge in [0.25, 0.3) is 0 Å². The molecule has 2 N–H and O–H groups in total. The predicted molar refractivity (Wildman–Crippen MR) is 132 cm³/mol. The van der Waals surface area contributed by atoms with Gasteiger partial charge in [0.1, 0.15) is 5.49 Å². The van der Waals surface area contributed by atoms with Crippen molar-refractivity contribution in [3.05, 3.63) is 47.9 Å². The molecule has 0 unspecified atom stereocenters. The van der Waals surface area contributed by atoms with Crippen LogP contribution in [0, 0.1) is 0 Å². The second-order valence-electron chi connectivity index (χ2n) is 8.64.